The summed E-state index contributed by atoms with van der Waals surface area (Å²) in [5, 5.41) is 0. The fourth-order valence-corrected chi connectivity index (χ4v) is 4.38. The molecule has 0 heterocycles. The first-order chi connectivity index (χ1) is 13.4. The minimum absolute atomic E-state index is 0.280. The summed E-state index contributed by atoms with van der Waals surface area (Å²) in [4.78, 5) is 11.0. The zero-order valence-electron chi connectivity index (χ0n) is 15.9. The van der Waals surface area contributed by atoms with Crippen LogP contribution in [0.4, 0.5) is 13.2 Å². The molecule has 0 radical (unpaired) electrons. The van der Waals surface area contributed by atoms with Crippen LogP contribution in [0.2, 0.25) is 0 Å². The van der Waals surface area contributed by atoms with Crippen molar-refractivity contribution in [2.75, 3.05) is 0 Å². The average Bonchev–Trinajstić information content (AvgIpc) is 3.43. The highest BCUT2D eigenvalue weighted by Gasteiger charge is 2.37. The quantitative estimate of drug-likeness (QED) is 0.532. The Hall–Kier alpha value is -2.10. The van der Waals surface area contributed by atoms with Gasteiger partial charge in [-0.15, -0.1) is 0 Å². The first kappa shape index (κ1) is 19.2. The van der Waals surface area contributed by atoms with Crippen LogP contribution in [0, 0.1) is 0 Å². The molecule has 1 fully saturated rings. The summed E-state index contributed by atoms with van der Waals surface area (Å²) >= 11 is 0. The molecule has 0 spiro atoms. The predicted molar refractivity (Wildman–Crippen MR) is 104 cm³/mol. The van der Waals surface area contributed by atoms with Crippen molar-refractivity contribution in [3.63, 3.8) is 0 Å². The van der Waals surface area contributed by atoms with E-state index < -0.39 is 18.4 Å². The minimum atomic E-state index is -4.70. The van der Waals surface area contributed by atoms with Crippen LogP contribution in [0.1, 0.15) is 78.2 Å². The fourth-order valence-electron chi connectivity index (χ4n) is 4.38. The smallest absolute Gasteiger partial charge is 0.290 e. The fraction of sp³-hybridized carbons (Fsp3) is 0.458. The molecular weight excluding hydrogens is 361 g/mol. The number of hydrogen-bond acceptors (Lipinski definition) is 1. The molecule has 2 aliphatic carbocycles. The lowest BCUT2D eigenvalue weighted by Crippen LogP contribution is -2.22. The summed E-state index contributed by atoms with van der Waals surface area (Å²) in [5.41, 5.74) is 6.62. The predicted octanol–water partition coefficient (Wildman–Crippen LogP) is 6.49. The molecule has 0 N–H and O–H groups in total. The number of ketones is 1. The highest BCUT2D eigenvalue weighted by atomic mass is 19.4. The lowest BCUT2D eigenvalue weighted by molar-refractivity contribution is -0.171. The molecule has 148 valence electrons. The van der Waals surface area contributed by atoms with E-state index in [1.165, 1.54) is 40.7 Å². The van der Waals surface area contributed by atoms with Crippen LogP contribution in [-0.2, 0) is 17.6 Å². The summed E-state index contributed by atoms with van der Waals surface area (Å²) in [6.07, 6.45) is 1.34. The number of carbonyl (C=O) groups is 1. The molecule has 2 aromatic rings. The Balaban J connectivity index is 1.34. The van der Waals surface area contributed by atoms with Crippen LogP contribution in [-0.4, -0.2) is 12.0 Å². The Morgan fingerprint density at radius 1 is 0.964 bits per heavy atom. The third-order valence-electron chi connectivity index (χ3n) is 6.12. The maximum atomic E-state index is 12.3. The summed E-state index contributed by atoms with van der Waals surface area (Å²) in [6, 6.07) is 15.5. The van der Waals surface area contributed by atoms with Gasteiger partial charge >= 0.3 is 6.18 Å². The number of benzene rings is 2. The van der Waals surface area contributed by atoms with Gasteiger partial charge in [0.25, 0.3) is 0 Å². The molecule has 2 aromatic carbocycles. The van der Waals surface area contributed by atoms with E-state index in [0.717, 1.165) is 25.2 Å². The molecule has 0 bridgehead atoms. The summed E-state index contributed by atoms with van der Waals surface area (Å²) < 4.78 is 37.0. The molecule has 28 heavy (non-hydrogen) atoms. The van der Waals surface area contributed by atoms with Crippen molar-refractivity contribution in [3.8, 4) is 0 Å². The average molecular weight is 386 g/mol. The first-order valence-electron chi connectivity index (χ1n) is 10.2. The number of carbonyl (C=O) groups excluding carboxylic acids is 1. The van der Waals surface area contributed by atoms with Crippen LogP contribution < -0.4 is 0 Å². The van der Waals surface area contributed by atoms with Crippen molar-refractivity contribution in [1.82, 2.24) is 0 Å². The Labute approximate surface area is 164 Å². The van der Waals surface area contributed by atoms with E-state index in [-0.39, 0.29) is 5.92 Å². The number of aryl methyl sites for hydroxylation is 1. The van der Waals surface area contributed by atoms with Crippen molar-refractivity contribution in [2.24, 2.45) is 0 Å². The highest BCUT2D eigenvalue weighted by Crippen LogP contribution is 2.40. The van der Waals surface area contributed by atoms with Gasteiger partial charge in [-0.1, -0.05) is 42.5 Å². The molecule has 1 saturated carbocycles. The Kier molecular flexibility index (Phi) is 5.31. The second kappa shape index (κ2) is 7.73. The zero-order chi connectivity index (χ0) is 19.7. The van der Waals surface area contributed by atoms with Gasteiger partial charge in [0, 0.05) is 6.42 Å². The van der Waals surface area contributed by atoms with Crippen molar-refractivity contribution < 1.29 is 18.0 Å². The SMILES string of the molecule is O=C(CCCC1CCc2cc(Cc3ccc(C4CC4)cc3)ccc21)C(F)(F)F. The topological polar surface area (TPSA) is 17.1 Å². The Morgan fingerprint density at radius 3 is 2.36 bits per heavy atom. The van der Waals surface area contributed by atoms with Gasteiger partial charge in [0.2, 0.25) is 5.78 Å². The van der Waals surface area contributed by atoms with E-state index in [9.17, 15) is 18.0 Å². The molecule has 1 atom stereocenters. The van der Waals surface area contributed by atoms with E-state index in [1.54, 1.807) is 0 Å². The maximum absolute atomic E-state index is 12.3. The van der Waals surface area contributed by atoms with E-state index in [4.69, 9.17) is 0 Å². The van der Waals surface area contributed by atoms with Crippen LogP contribution in [0.3, 0.4) is 0 Å². The Morgan fingerprint density at radius 2 is 1.68 bits per heavy atom. The second-order valence-corrected chi connectivity index (χ2v) is 8.27. The van der Waals surface area contributed by atoms with Crippen molar-refractivity contribution >= 4 is 5.78 Å². The molecule has 0 amide bonds. The normalized spacial score (nSPS) is 18.9. The third-order valence-corrected chi connectivity index (χ3v) is 6.12. The zero-order valence-corrected chi connectivity index (χ0v) is 15.9. The number of halogens is 3. The summed E-state index contributed by atoms with van der Waals surface area (Å²) in [5.74, 6) is -0.547. The molecule has 1 nitrogen and oxygen atoms in total. The van der Waals surface area contributed by atoms with Crippen LogP contribution in [0.5, 0.6) is 0 Å². The molecule has 4 heteroatoms. The number of rotatable bonds is 7. The van der Waals surface area contributed by atoms with Crippen LogP contribution >= 0.6 is 0 Å². The number of alkyl halides is 3. The molecule has 0 aliphatic heterocycles. The largest absolute Gasteiger partial charge is 0.449 e. The van der Waals surface area contributed by atoms with Gasteiger partial charge in [-0.05, 0) is 84.6 Å². The maximum Gasteiger partial charge on any atom is 0.449 e. The minimum Gasteiger partial charge on any atom is -0.290 e. The van der Waals surface area contributed by atoms with Gasteiger partial charge in [0.1, 0.15) is 0 Å². The van der Waals surface area contributed by atoms with Gasteiger partial charge in [0.15, 0.2) is 0 Å². The van der Waals surface area contributed by atoms with Crippen molar-refractivity contribution in [1.29, 1.82) is 0 Å². The van der Waals surface area contributed by atoms with Gasteiger partial charge in [0.05, 0.1) is 0 Å². The summed E-state index contributed by atoms with van der Waals surface area (Å²) in [6.45, 7) is 0. The number of fused-ring (bicyclic) bond motifs is 1. The van der Waals surface area contributed by atoms with Crippen LogP contribution in [0.15, 0.2) is 42.5 Å². The van der Waals surface area contributed by atoms with Gasteiger partial charge in [-0.3, -0.25) is 4.79 Å². The molecule has 1 unspecified atom stereocenters. The van der Waals surface area contributed by atoms with Gasteiger partial charge < -0.3 is 0 Å². The monoisotopic (exact) mass is 386 g/mol. The number of hydrogen-bond donors (Lipinski definition) is 0. The number of Topliss-reactive ketones (excluding diaryl/α,β-unsaturated/α-hetero) is 1. The standard InChI is InChI=1S/C24H25F3O/c25-24(26,27)23(28)3-1-2-20-11-12-21-15-17(6-13-22(20)21)14-16-4-7-18(8-5-16)19-9-10-19/h4-8,13,15,19-20H,1-3,9-12,14H2. The summed E-state index contributed by atoms with van der Waals surface area (Å²) in [7, 11) is 0. The Bertz CT molecular complexity index is 847. The highest BCUT2D eigenvalue weighted by molar-refractivity contribution is 5.83. The van der Waals surface area contributed by atoms with E-state index in [2.05, 4.69) is 42.5 Å². The first-order valence-corrected chi connectivity index (χ1v) is 10.2. The molecule has 2 aliphatic rings. The molecule has 0 aromatic heterocycles. The van der Waals surface area contributed by atoms with Gasteiger partial charge in [-0.2, -0.15) is 13.2 Å². The molecule has 0 saturated heterocycles. The van der Waals surface area contributed by atoms with Crippen molar-refractivity contribution in [2.45, 2.75) is 69.4 Å². The second-order valence-electron chi connectivity index (χ2n) is 8.27. The van der Waals surface area contributed by atoms with Gasteiger partial charge in [-0.25, -0.2) is 0 Å². The lowest BCUT2D eigenvalue weighted by Gasteiger charge is -2.13. The molecular formula is C24H25F3O. The lowest BCUT2D eigenvalue weighted by atomic mass is 9.93. The third kappa shape index (κ3) is 4.48. The van der Waals surface area contributed by atoms with Crippen molar-refractivity contribution in [3.05, 3.63) is 70.3 Å². The van der Waals surface area contributed by atoms with E-state index in [0.29, 0.717) is 12.8 Å². The van der Waals surface area contributed by atoms with E-state index >= 15 is 0 Å². The van der Waals surface area contributed by atoms with E-state index in [1.807, 2.05) is 0 Å². The molecule has 4 rings (SSSR count). The van der Waals surface area contributed by atoms with Crippen LogP contribution in [0.25, 0.3) is 0 Å².